The average molecular weight is 331 g/mol. The first-order chi connectivity index (χ1) is 11.1. The maximum absolute atomic E-state index is 12.0. The number of carboxylic acid groups (broad SMARTS) is 1. The lowest BCUT2D eigenvalue weighted by atomic mass is 9.84. The molecule has 0 aliphatic rings. The number of benzene rings is 1. The SMILES string of the molecule is Cc1c(CCCO)c2cc(C(C)(C)C)cc(C(=O)O)c2n1C(C)C. The van der Waals surface area contributed by atoms with E-state index in [1.54, 1.807) is 0 Å². The van der Waals surface area contributed by atoms with Crippen LogP contribution in [-0.2, 0) is 11.8 Å². The number of nitrogens with zero attached hydrogens (tertiary/aromatic N) is 1. The highest BCUT2D eigenvalue weighted by molar-refractivity contribution is 6.04. The van der Waals surface area contributed by atoms with E-state index >= 15 is 0 Å². The second-order valence-electron chi connectivity index (χ2n) is 7.83. The third kappa shape index (κ3) is 3.20. The van der Waals surface area contributed by atoms with Gasteiger partial charge in [0.1, 0.15) is 0 Å². The normalized spacial score (nSPS) is 12.3. The van der Waals surface area contributed by atoms with Crippen LogP contribution in [0.15, 0.2) is 12.1 Å². The molecule has 0 fully saturated rings. The fraction of sp³-hybridized carbons (Fsp3) is 0.550. The Hall–Kier alpha value is -1.81. The summed E-state index contributed by atoms with van der Waals surface area (Å²) in [6, 6.07) is 4.13. The highest BCUT2D eigenvalue weighted by atomic mass is 16.4. The first-order valence-corrected chi connectivity index (χ1v) is 8.61. The van der Waals surface area contributed by atoms with E-state index in [0.29, 0.717) is 12.0 Å². The summed E-state index contributed by atoms with van der Waals surface area (Å²) in [5.74, 6) is -0.890. The Bertz CT molecular complexity index is 764. The van der Waals surface area contributed by atoms with Crippen LogP contribution in [0.1, 0.15) is 74.3 Å². The zero-order chi connectivity index (χ0) is 18.2. The van der Waals surface area contributed by atoms with Gasteiger partial charge in [-0.25, -0.2) is 4.79 Å². The molecule has 0 saturated heterocycles. The molecule has 0 bridgehead atoms. The van der Waals surface area contributed by atoms with E-state index in [1.165, 1.54) is 0 Å². The van der Waals surface area contributed by atoms with Crippen LogP contribution in [0.3, 0.4) is 0 Å². The van der Waals surface area contributed by atoms with Crippen LogP contribution in [-0.4, -0.2) is 27.4 Å². The topological polar surface area (TPSA) is 62.5 Å². The number of fused-ring (bicyclic) bond motifs is 1. The Balaban J connectivity index is 2.93. The second kappa shape index (κ2) is 6.60. The molecule has 0 aliphatic heterocycles. The molecule has 1 aromatic carbocycles. The summed E-state index contributed by atoms with van der Waals surface area (Å²) in [6.45, 7) is 12.6. The maximum Gasteiger partial charge on any atom is 0.337 e. The number of aliphatic hydroxyl groups is 1. The van der Waals surface area contributed by atoms with Gasteiger partial charge in [-0.05, 0) is 62.3 Å². The van der Waals surface area contributed by atoms with Crippen molar-refractivity contribution in [3.63, 3.8) is 0 Å². The number of hydrogen-bond donors (Lipinski definition) is 2. The minimum Gasteiger partial charge on any atom is -0.478 e. The summed E-state index contributed by atoms with van der Waals surface area (Å²) in [5.41, 5.74) is 4.32. The summed E-state index contributed by atoms with van der Waals surface area (Å²) in [6.07, 6.45) is 1.44. The highest BCUT2D eigenvalue weighted by Crippen LogP contribution is 2.36. The Morgan fingerprint density at radius 2 is 1.88 bits per heavy atom. The molecule has 0 radical (unpaired) electrons. The summed E-state index contributed by atoms with van der Waals surface area (Å²) in [5, 5.41) is 20.0. The molecule has 1 aromatic heterocycles. The smallest absolute Gasteiger partial charge is 0.337 e. The first kappa shape index (κ1) is 18.5. The van der Waals surface area contributed by atoms with Gasteiger partial charge in [0.25, 0.3) is 0 Å². The molecular formula is C20H29NO3. The Labute approximate surface area is 144 Å². The van der Waals surface area contributed by atoms with Gasteiger partial charge in [-0.1, -0.05) is 20.8 Å². The number of carbonyl (C=O) groups is 1. The molecular weight excluding hydrogens is 302 g/mol. The van der Waals surface area contributed by atoms with Gasteiger partial charge < -0.3 is 14.8 Å². The highest BCUT2D eigenvalue weighted by Gasteiger charge is 2.25. The predicted molar refractivity (Wildman–Crippen MR) is 98.1 cm³/mol. The molecule has 0 aliphatic carbocycles. The molecule has 0 saturated carbocycles. The van der Waals surface area contributed by atoms with E-state index in [9.17, 15) is 15.0 Å². The molecule has 1 heterocycles. The van der Waals surface area contributed by atoms with Crippen molar-refractivity contribution >= 4 is 16.9 Å². The summed E-state index contributed by atoms with van der Waals surface area (Å²) in [4.78, 5) is 12.0. The van der Waals surface area contributed by atoms with Crippen LogP contribution < -0.4 is 0 Å². The fourth-order valence-electron chi connectivity index (χ4n) is 3.44. The molecule has 4 heteroatoms. The van der Waals surface area contributed by atoms with Crippen molar-refractivity contribution < 1.29 is 15.0 Å². The summed E-state index contributed by atoms with van der Waals surface area (Å²) >= 11 is 0. The fourth-order valence-corrected chi connectivity index (χ4v) is 3.44. The van der Waals surface area contributed by atoms with Crippen molar-refractivity contribution in [1.29, 1.82) is 0 Å². The van der Waals surface area contributed by atoms with Gasteiger partial charge in [0.2, 0.25) is 0 Å². The number of aryl methyl sites for hydroxylation is 1. The van der Waals surface area contributed by atoms with Crippen LogP contribution >= 0.6 is 0 Å². The number of rotatable bonds is 5. The number of aromatic carboxylic acids is 1. The summed E-state index contributed by atoms with van der Waals surface area (Å²) in [7, 11) is 0. The number of aliphatic hydroxyl groups excluding tert-OH is 1. The van der Waals surface area contributed by atoms with Gasteiger partial charge in [0, 0.05) is 23.7 Å². The lowest BCUT2D eigenvalue weighted by molar-refractivity contribution is 0.0698. The van der Waals surface area contributed by atoms with Crippen molar-refractivity contribution in [3.8, 4) is 0 Å². The van der Waals surface area contributed by atoms with E-state index in [1.807, 2.05) is 6.07 Å². The molecule has 0 atom stereocenters. The van der Waals surface area contributed by atoms with Crippen molar-refractivity contribution in [2.24, 2.45) is 0 Å². The molecule has 4 nitrogen and oxygen atoms in total. The minimum atomic E-state index is -0.890. The number of hydrogen-bond acceptors (Lipinski definition) is 2. The molecule has 2 rings (SSSR count). The van der Waals surface area contributed by atoms with Gasteiger partial charge in [0.05, 0.1) is 11.1 Å². The second-order valence-corrected chi connectivity index (χ2v) is 7.83. The molecule has 0 unspecified atom stereocenters. The van der Waals surface area contributed by atoms with E-state index in [0.717, 1.165) is 34.1 Å². The largest absolute Gasteiger partial charge is 0.478 e. The summed E-state index contributed by atoms with van der Waals surface area (Å²) < 4.78 is 2.12. The van der Waals surface area contributed by atoms with Crippen LogP contribution in [0.4, 0.5) is 0 Å². The van der Waals surface area contributed by atoms with Crippen molar-refractivity contribution in [1.82, 2.24) is 4.57 Å². The molecule has 0 spiro atoms. The molecule has 132 valence electrons. The minimum absolute atomic E-state index is 0.125. The average Bonchev–Trinajstić information content (AvgIpc) is 2.74. The number of aromatic nitrogens is 1. The zero-order valence-electron chi connectivity index (χ0n) is 15.6. The third-order valence-electron chi connectivity index (χ3n) is 4.67. The van der Waals surface area contributed by atoms with Gasteiger partial charge in [-0.15, -0.1) is 0 Å². The standard InChI is InChI=1S/C20H29NO3/c1-12(2)21-13(3)15(8-7-9-22)16-10-14(20(4,5)6)11-17(18(16)21)19(23)24/h10-12,22H,7-9H2,1-6H3,(H,23,24). The maximum atomic E-state index is 12.0. The van der Waals surface area contributed by atoms with Gasteiger partial charge in [-0.3, -0.25) is 0 Å². The molecule has 0 amide bonds. The van der Waals surface area contributed by atoms with Gasteiger partial charge in [0.15, 0.2) is 0 Å². The van der Waals surface area contributed by atoms with Crippen LogP contribution in [0.25, 0.3) is 10.9 Å². The number of carboxylic acids is 1. The van der Waals surface area contributed by atoms with Crippen molar-refractivity contribution in [3.05, 3.63) is 34.5 Å². The molecule has 24 heavy (non-hydrogen) atoms. The van der Waals surface area contributed by atoms with E-state index in [4.69, 9.17) is 0 Å². The Morgan fingerprint density at radius 1 is 1.25 bits per heavy atom. The Morgan fingerprint density at radius 3 is 2.33 bits per heavy atom. The third-order valence-corrected chi connectivity index (χ3v) is 4.67. The monoisotopic (exact) mass is 331 g/mol. The first-order valence-electron chi connectivity index (χ1n) is 8.61. The van der Waals surface area contributed by atoms with Crippen LogP contribution in [0.2, 0.25) is 0 Å². The van der Waals surface area contributed by atoms with Crippen molar-refractivity contribution in [2.45, 2.75) is 65.8 Å². The van der Waals surface area contributed by atoms with Crippen LogP contribution in [0, 0.1) is 6.92 Å². The lowest BCUT2D eigenvalue weighted by Gasteiger charge is -2.21. The van der Waals surface area contributed by atoms with E-state index in [2.05, 4.69) is 52.2 Å². The zero-order valence-corrected chi connectivity index (χ0v) is 15.6. The molecule has 2 N–H and O–H groups in total. The predicted octanol–water partition coefficient (Wildman–Crippen LogP) is 4.45. The van der Waals surface area contributed by atoms with Crippen molar-refractivity contribution in [2.75, 3.05) is 6.61 Å². The molecule has 2 aromatic rings. The van der Waals surface area contributed by atoms with Gasteiger partial charge >= 0.3 is 5.97 Å². The van der Waals surface area contributed by atoms with Gasteiger partial charge in [-0.2, -0.15) is 0 Å². The van der Waals surface area contributed by atoms with E-state index in [-0.39, 0.29) is 18.1 Å². The van der Waals surface area contributed by atoms with Crippen LogP contribution in [0.5, 0.6) is 0 Å². The quantitative estimate of drug-likeness (QED) is 0.851. The lowest BCUT2D eigenvalue weighted by Crippen LogP contribution is -2.14. The van der Waals surface area contributed by atoms with E-state index < -0.39 is 5.97 Å². The Kier molecular flexibility index (Phi) is 5.09.